The highest BCUT2D eigenvalue weighted by Crippen LogP contribution is 2.29. The summed E-state index contributed by atoms with van der Waals surface area (Å²) < 4.78 is 5.80. The summed E-state index contributed by atoms with van der Waals surface area (Å²) in [5.74, 6) is 0.234. The molecule has 5 nitrogen and oxygen atoms in total. The second-order valence-corrected chi connectivity index (χ2v) is 8.97. The molecular formula is C26H35N3O2. The Kier molecular flexibility index (Phi) is 7.06. The van der Waals surface area contributed by atoms with Crippen molar-refractivity contribution in [3.8, 4) is 0 Å². The smallest absolute Gasteiger partial charge is 0.239 e. The molecule has 3 atom stereocenters. The minimum Gasteiger partial charge on any atom is -0.372 e. The van der Waals surface area contributed by atoms with E-state index in [-0.39, 0.29) is 30.2 Å². The number of carbonyl (C=O) groups excluding carboxylic acids is 1. The van der Waals surface area contributed by atoms with Crippen LogP contribution in [-0.4, -0.2) is 78.1 Å². The molecule has 1 amide bonds. The number of ether oxygens (including phenoxy) is 1. The first-order valence-electron chi connectivity index (χ1n) is 11.5. The predicted molar refractivity (Wildman–Crippen MR) is 124 cm³/mol. The number of piperazine rings is 1. The van der Waals surface area contributed by atoms with Crippen molar-refractivity contribution in [2.45, 2.75) is 45.1 Å². The average molecular weight is 422 g/mol. The maximum absolute atomic E-state index is 13.2. The topological polar surface area (TPSA) is 36.0 Å². The van der Waals surface area contributed by atoms with Crippen LogP contribution in [0.4, 0.5) is 0 Å². The van der Waals surface area contributed by atoms with Crippen LogP contribution in [0.3, 0.4) is 0 Å². The zero-order chi connectivity index (χ0) is 21.8. The highest BCUT2D eigenvalue weighted by atomic mass is 16.5. The summed E-state index contributed by atoms with van der Waals surface area (Å²) in [6.07, 6.45) is 0.212. The Morgan fingerprint density at radius 2 is 1.26 bits per heavy atom. The maximum atomic E-state index is 13.2. The molecule has 4 rings (SSSR count). The molecule has 2 fully saturated rings. The van der Waals surface area contributed by atoms with Crippen LogP contribution in [0.2, 0.25) is 0 Å². The van der Waals surface area contributed by atoms with Gasteiger partial charge in [-0.15, -0.1) is 0 Å². The summed E-state index contributed by atoms with van der Waals surface area (Å²) in [5.41, 5.74) is 2.64. The molecule has 0 aliphatic carbocycles. The summed E-state index contributed by atoms with van der Waals surface area (Å²) in [5, 5.41) is 0. The number of hydrogen-bond donors (Lipinski definition) is 0. The third-order valence-corrected chi connectivity index (χ3v) is 6.58. The molecule has 0 radical (unpaired) electrons. The Balaban J connectivity index is 1.42. The van der Waals surface area contributed by atoms with Crippen molar-refractivity contribution in [2.75, 3.05) is 39.3 Å². The molecule has 2 aromatic carbocycles. The maximum Gasteiger partial charge on any atom is 0.239 e. The van der Waals surface area contributed by atoms with Gasteiger partial charge in [0.25, 0.3) is 0 Å². The van der Waals surface area contributed by atoms with E-state index in [2.05, 4.69) is 77.4 Å². The van der Waals surface area contributed by atoms with Gasteiger partial charge in [0, 0.05) is 39.3 Å². The molecule has 0 saturated carbocycles. The molecule has 31 heavy (non-hydrogen) atoms. The lowest BCUT2D eigenvalue weighted by atomic mass is 9.96. The van der Waals surface area contributed by atoms with Crippen LogP contribution in [0.5, 0.6) is 0 Å². The van der Waals surface area contributed by atoms with Gasteiger partial charge in [0.05, 0.1) is 24.3 Å². The molecule has 2 heterocycles. The van der Waals surface area contributed by atoms with Gasteiger partial charge in [-0.25, -0.2) is 0 Å². The summed E-state index contributed by atoms with van der Waals surface area (Å²) in [7, 11) is 0. The van der Waals surface area contributed by atoms with E-state index in [1.54, 1.807) is 0 Å². The van der Waals surface area contributed by atoms with Gasteiger partial charge in [-0.3, -0.25) is 14.6 Å². The second-order valence-electron chi connectivity index (χ2n) is 8.97. The molecule has 2 saturated heterocycles. The first kappa shape index (κ1) is 22.0. The molecule has 0 aromatic heterocycles. The van der Waals surface area contributed by atoms with Crippen molar-refractivity contribution in [3.05, 3.63) is 71.8 Å². The third kappa shape index (κ3) is 5.17. The number of nitrogens with zero attached hydrogens (tertiary/aromatic N) is 3. The fourth-order valence-corrected chi connectivity index (χ4v) is 5.05. The van der Waals surface area contributed by atoms with Crippen LogP contribution >= 0.6 is 0 Å². The fraction of sp³-hybridized carbons (Fsp3) is 0.500. The minimum atomic E-state index is -0.0912. The number of carbonyl (C=O) groups is 1. The van der Waals surface area contributed by atoms with Gasteiger partial charge in [-0.05, 0) is 31.9 Å². The van der Waals surface area contributed by atoms with E-state index >= 15 is 0 Å². The van der Waals surface area contributed by atoms with Crippen LogP contribution < -0.4 is 0 Å². The number of morpholine rings is 1. The summed E-state index contributed by atoms with van der Waals surface area (Å²) in [6.45, 7) is 11.2. The molecule has 0 spiro atoms. The van der Waals surface area contributed by atoms with E-state index in [1.165, 1.54) is 11.1 Å². The van der Waals surface area contributed by atoms with E-state index < -0.39 is 0 Å². The van der Waals surface area contributed by atoms with Gasteiger partial charge in [-0.2, -0.15) is 0 Å². The van der Waals surface area contributed by atoms with Crippen molar-refractivity contribution in [1.82, 2.24) is 14.7 Å². The Morgan fingerprint density at radius 3 is 1.74 bits per heavy atom. The first-order valence-corrected chi connectivity index (χ1v) is 11.5. The van der Waals surface area contributed by atoms with Gasteiger partial charge in [-0.1, -0.05) is 60.7 Å². The van der Waals surface area contributed by atoms with Crippen LogP contribution in [0.15, 0.2) is 60.7 Å². The largest absolute Gasteiger partial charge is 0.372 e. The normalized spacial score (nSPS) is 24.3. The van der Waals surface area contributed by atoms with E-state index in [0.29, 0.717) is 13.1 Å². The second kappa shape index (κ2) is 9.94. The van der Waals surface area contributed by atoms with Crippen LogP contribution in [-0.2, 0) is 9.53 Å². The number of rotatable bonds is 5. The van der Waals surface area contributed by atoms with Crippen molar-refractivity contribution in [1.29, 1.82) is 0 Å². The molecule has 0 unspecified atom stereocenters. The summed E-state index contributed by atoms with van der Waals surface area (Å²) in [6, 6.07) is 21.7. The van der Waals surface area contributed by atoms with Crippen molar-refractivity contribution >= 4 is 5.91 Å². The van der Waals surface area contributed by atoms with E-state index in [4.69, 9.17) is 4.74 Å². The van der Waals surface area contributed by atoms with E-state index in [9.17, 15) is 4.79 Å². The Bertz CT molecular complexity index is 787. The van der Waals surface area contributed by atoms with Crippen molar-refractivity contribution in [2.24, 2.45) is 0 Å². The lowest BCUT2D eigenvalue weighted by molar-refractivity contribution is -0.148. The van der Waals surface area contributed by atoms with Gasteiger partial charge >= 0.3 is 0 Å². The number of benzene rings is 2. The highest BCUT2D eigenvalue weighted by Gasteiger charge is 2.34. The molecule has 2 aliphatic rings. The van der Waals surface area contributed by atoms with Crippen LogP contribution in [0.1, 0.15) is 37.9 Å². The third-order valence-electron chi connectivity index (χ3n) is 6.58. The minimum absolute atomic E-state index is 0.0912. The predicted octanol–water partition coefficient (Wildman–Crippen LogP) is 3.42. The van der Waals surface area contributed by atoms with Gasteiger partial charge in [0.2, 0.25) is 5.91 Å². The summed E-state index contributed by atoms with van der Waals surface area (Å²) in [4.78, 5) is 20.1. The van der Waals surface area contributed by atoms with Crippen molar-refractivity contribution < 1.29 is 9.53 Å². The van der Waals surface area contributed by atoms with Crippen LogP contribution in [0, 0.1) is 0 Å². The molecule has 0 N–H and O–H groups in total. The lowest BCUT2D eigenvalue weighted by Crippen LogP contribution is -2.57. The SMILES string of the molecule is C[C@@H]1CN(C(=O)[C@H](C)N2CCN(C(c3ccccc3)c3ccccc3)CC2)C[C@H](C)O1. The van der Waals surface area contributed by atoms with E-state index in [0.717, 1.165) is 26.2 Å². The van der Waals surface area contributed by atoms with Gasteiger partial charge in [0.1, 0.15) is 0 Å². The standard InChI is InChI=1S/C26H35N3O2/c1-20-18-29(19-21(2)31-20)26(30)22(3)27-14-16-28(17-15-27)25(23-10-6-4-7-11-23)24-12-8-5-9-13-24/h4-13,20-22,25H,14-19H2,1-3H3/t20-,21+,22-/m0/s1. The number of hydrogen-bond acceptors (Lipinski definition) is 4. The first-order chi connectivity index (χ1) is 15.0. The average Bonchev–Trinajstić information content (AvgIpc) is 2.79. The van der Waals surface area contributed by atoms with Crippen molar-refractivity contribution in [3.63, 3.8) is 0 Å². The molecule has 2 aliphatic heterocycles. The highest BCUT2D eigenvalue weighted by molar-refractivity contribution is 5.81. The fourth-order valence-electron chi connectivity index (χ4n) is 5.05. The molecule has 0 bridgehead atoms. The Morgan fingerprint density at radius 1 is 0.806 bits per heavy atom. The zero-order valence-electron chi connectivity index (χ0n) is 19.0. The van der Waals surface area contributed by atoms with Gasteiger partial charge in [0.15, 0.2) is 0 Å². The monoisotopic (exact) mass is 421 g/mol. The Hall–Kier alpha value is -2.21. The molecule has 166 valence electrons. The number of amides is 1. The quantitative estimate of drug-likeness (QED) is 0.741. The van der Waals surface area contributed by atoms with Gasteiger partial charge < -0.3 is 9.64 Å². The molecular weight excluding hydrogens is 386 g/mol. The lowest BCUT2D eigenvalue weighted by Gasteiger charge is -2.43. The molecule has 5 heteroatoms. The Labute approximate surface area is 186 Å². The zero-order valence-corrected chi connectivity index (χ0v) is 19.0. The van der Waals surface area contributed by atoms with Crippen LogP contribution in [0.25, 0.3) is 0 Å². The summed E-state index contributed by atoms with van der Waals surface area (Å²) >= 11 is 0. The molecule has 2 aromatic rings. The van der Waals surface area contributed by atoms with E-state index in [1.807, 2.05) is 18.7 Å².